The van der Waals surface area contributed by atoms with Crippen LogP contribution in [0.5, 0.6) is 5.75 Å². The van der Waals surface area contributed by atoms with Crippen molar-refractivity contribution in [2.75, 3.05) is 0 Å². The van der Waals surface area contributed by atoms with E-state index in [-0.39, 0.29) is 63.7 Å². The molecule has 0 aliphatic carbocycles. The Morgan fingerprint density at radius 3 is 2.19 bits per heavy atom. The van der Waals surface area contributed by atoms with E-state index in [2.05, 4.69) is 0 Å². The zero-order valence-corrected chi connectivity index (χ0v) is 15.0. The fourth-order valence-corrected chi connectivity index (χ4v) is 1.77. The zero-order valence-electron chi connectivity index (χ0n) is 11.1. The molecule has 2 aromatic rings. The monoisotopic (exact) mass is 342 g/mol. The Morgan fingerprint density at radius 1 is 1.00 bits per heavy atom. The summed E-state index contributed by atoms with van der Waals surface area (Å²) >= 11 is 5.70. The summed E-state index contributed by atoms with van der Waals surface area (Å²) in [6.45, 7) is -5.39. The Morgan fingerprint density at radius 2 is 1.62 bits per heavy atom. The smallest absolute Gasteiger partial charge is 0.492 e. The van der Waals surface area contributed by atoms with E-state index < -0.39 is 18.3 Å². The Kier molecular flexibility index (Phi) is 7.23. The third-order valence-corrected chi connectivity index (χ3v) is 2.88. The van der Waals surface area contributed by atoms with E-state index in [9.17, 15) is 17.3 Å². The van der Waals surface area contributed by atoms with Crippen molar-refractivity contribution in [2.24, 2.45) is 0 Å². The van der Waals surface area contributed by atoms with E-state index in [0.29, 0.717) is 16.7 Å². The molecular weight excluding hydrogens is 333 g/mol. The Hall–Kier alpha value is -0.0487. The van der Waals surface area contributed by atoms with Gasteiger partial charge in [-0.3, -0.25) is 0 Å². The van der Waals surface area contributed by atoms with E-state index >= 15 is 0 Å². The first-order valence-corrected chi connectivity index (χ1v) is 6.11. The first-order chi connectivity index (χ1) is 9.36. The molecular formula is C13H9BClF4KO. The molecule has 0 atom stereocenters. The van der Waals surface area contributed by atoms with Crippen LogP contribution in [0.25, 0.3) is 0 Å². The summed E-state index contributed by atoms with van der Waals surface area (Å²) in [6.07, 6.45) is 0. The Bertz CT molecular complexity index is 604. The van der Waals surface area contributed by atoms with E-state index in [1.54, 1.807) is 24.3 Å². The molecule has 0 unspecified atom stereocenters. The van der Waals surface area contributed by atoms with Crippen LogP contribution in [0.1, 0.15) is 5.56 Å². The number of hydrogen-bond acceptors (Lipinski definition) is 1. The van der Waals surface area contributed by atoms with Gasteiger partial charge in [0.2, 0.25) is 0 Å². The molecule has 0 aliphatic rings. The number of ether oxygens (including phenoxy) is 1. The van der Waals surface area contributed by atoms with Crippen LogP contribution in [0, 0.1) is 5.82 Å². The predicted molar refractivity (Wildman–Crippen MR) is 70.9 cm³/mol. The van der Waals surface area contributed by atoms with Gasteiger partial charge >= 0.3 is 58.4 Å². The van der Waals surface area contributed by atoms with Crippen molar-refractivity contribution in [2.45, 2.75) is 6.61 Å². The number of benzene rings is 2. The van der Waals surface area contributed by atoms with Crippen molar-refractivity contribution >= 4 is 24.0 Å². The molecule has 0 bridgehead atoms. The SMILES string of the molecule is Fc1ccc(OCc2ccc(Cl)cc2)c([B-](F)(F)F)c1.[K+]. The van der Waals surface area contributed by atoms with Crippen LogP contribution in [0.2, 0.25) is 5.02 Å². The second kappa shape index (κ2) is 7.99. The van der Waals surface area contributed by atoms with E-state index in [1.807, 2.05) is 0 Å². The minimum Gasteiger partial charge on any atom is -0.492 e. The first kappa shape index (κ1) is 19.0. The van der Waals surface area contributed by atoms with Gasteiger partial charge in [-0.25, -0.2) is 4.39 Å². The summed E-state index contributed by atoms with van der Waals surface area (Å²) < 4.78 is 56.5. The van der Waals surface area contributed by atoms with Crippen LogP contribution in [0.4, 0.5) is 17.3 Å². The standard InChI is InChI=1S/C13H9BClF4O.K/c15-10-3-1-9(2-4-10)8-20-13-6-5-11(16)7-12(13)14(17,18)19;/h1-7H,8H2;/q-1;+1. The quantitative estimate of drug-likeness (QED) is 0.598. The summed E-state index contributed by atoms with van der Waals surface area (Å²) in [7, 11) is 0. The van der Waals surface area contributed by atoms with Gasteiger partial charge in [0.25, 0.3) is 0 Å². The van der Waals surface area contributed by atoms with Crippen molar-refractivity contribution in [1.82, 2.24) is 0 Å². The van der Waals surface area contributed by atoms with Gasteiger partial charge < -0.3 is 17.7 Å². The van der Waals surface area contributed by atoms with E-state index in [1.165, 1.54) is 0 Å². The van der Waals surface area contributed by atoms with Gasteiger partial charge in [0.1, 0.15) is 12.4 Å². The molecule has 106 valence electrons. The van der Waals surface area contributed by atoms with Gasteiger partial charge in [-0.2, -0.15) is 0 Å². The van der Waals surface area contributed by atoms with Crippen molar-refractivity contribution in [3.8, 4) is 5.75 Å². The number of halogens is 5. The normalized spacial score (nSPS) is 10.9. The second-order valence-electron chi connectivity index (χ2n) is 4.17. The molecule has 0 radical (unpaired) electrons. The largest absolute Gasteiger partial charge is 1.00 e. The van der Waals surface area contributed by atoms with Crippen LogP contribution in [-0.2, 0) is 6.61 Å². The van der Waals surface area contributed by atoms with Crippen molar-refractivity contribution in [3.63, 3.8) is 0 Å². The second-order valence-corrected chi connectivity index (χ2v) is 4.61. The van der Waals surface area contributed by atoms with Crippen LogP contribution in [-0.4, -0.2) is 6.98 Å². The molecule has 21 heavy (non-hydrogen) atoms. The van der Waals surface area contributed by atoms with Crippen molar-refractivity contribution < 1.29 is 73.5 Å². The molecule has 0 N–H and O–H groups in total. The fraction of sp³-hybridized carbons (Fsp3) is 0.0769. The molecule has 0 saturated carbocycles. The molecule has 1 nitrogen and oxygen atoms in total. The van der Waals surface area contributed by atoms with E-state index in [0.717, 1.165) is 12.1 Å². The Labute approximate surface area is 167 Å². The molecule has 0 fully saturated rings. The van der Waals surface area contributed by atoms with Gasteiger partial charge in [0.15, 0.2) is 0 Å². The molecule has 2 aromatic carbocycles. The maximum atomic E-state index is 12.9. The molecule has 0 saturated heterocycles. The molecule has 0 aliphatic heterocycles. The summed E-state index contributed by atoms with van der Waals surface area (Å²) in [4.78, 5) is 0. The minimum atomic E-state index is -5.33. The average Bonchev–Trinajstić information content (AvgIpc) is 2.38. The predicted octanol–water partition coefficient (Wildman–Crippen LogP) is 1.12. The maximum absolute atomic E-state index is 12.9. The van der Waals surface area contributed by atoms with Crippen molar-refractivity contribution in [1.29, 1.82) is 0 Å². The summed E-state index contributed by atoms with van der Waals surface area (Å²) in [5.41, 5.74) is -0.404. The third-order valence-electron chi connectivity index (χ3n) is 2.63. The van der Waals surface area contributed by atoms with Crippen LogP contribution in [0.3, 0.4) is 0 Å². The van der Waals surface area contributed by atoms with Gasteiger partial charge in [-0.15, -0.1) is 0 Å². The minimum absolute atomic E-state index is 0. The van der Waals surface area contributed by atoms with Gasteiger partial charge in [-0.05, 0) is 35.9 Å². The number of hydrogen-bond donors (Lipinski definition) is 0. The molecule has 0 spiro atoms. The number of rotatable bonds is 4. The summed E-state index contributed by atoms with van der Waals surface area (Å²) in [5, 5.41) is 0.523. The van der Waals surface area contributed by atoms with Crippen LogP contribution in [0.15, 0.2) is 42.5 Å². The topological polar surface area (TPSA) is 9.23 Å². The first-order valence-electron chi connectivity index (χ1n) is 5.73. The van der Waals surface area contributed by atoms with Crippen LogP contribution >= 0.6 is 11.6 Å². The van der Waals surface area contributed by atoms with Gasteiger partial charge in [0.05, 0.1) is 5.75 Å². The molecule has 8 heteroatoms. The van der Waals surface area contributed by atoms with Gasteiger partial charge in [-0.1, -0.05) is 29.2 Å². The zero-order chi connectivity index (χ0) is 14.8. The summed E-state index contributed by atoms with van der Waals surface area (Å²) in [5.74, 6) is -1.33. The molecule has 0 heterocycles. The average molecular weight is 343 g/mol. The molecule has 2 rings (SSSR count). The van der Waals surface area contributed by atoms with Crippen molar-refractivity contribution in [3.05, 3.63) is 58.9 Å². The molecule has 0 amide bonds. The van der Waals surface area contributed by atoms with Crippen LogP contribution < -0.4 is 61.6 Å². The Balaban J connectivity index is 0.00000220. The van der Waals surface area contributed by atoms with E-state index in [4.69, 9.17) is 16.3 Å². The maximum Gasteiger partial charge on any atom is 1.00 e. The van der Waals surface area contributed by atoms with Gasteiger partial charge in [0, 0.05) is 5.02 Å². The summed E-state index contributed by atoms with van der Waals surface area (Å²) in [6, 6.07) is 8.86. The third kappa shape index (κ3) is 5.58. The fourth-order valence-electron chi connectivity index (χ4n) is 1.65. The molecule has 0 aromatic heterocycles.